The number of hydrogen-bond donors (Lipinski definition) is 2. The summed E-state index contributed by atoms with van der Waals surface area (Å²) in [6, 6.07) is 8.64. The minimum atomic E-state index is -0.297. The summed E-state index contributed by atoms with van der Waals surface area (Å²) in [5.74, 6) is 0.469. The highest BCUT2D eigenvalue weighted by Gasteiger charge is 2.40. The van der Waals surface area contributed by atoms with Crippen molar-refractivity contribution in [1.82, 2.24) is 5.06 Å². The zero-order valence-electron chi connectivity index (χ0n) is 28.1. The summed E-state index contributed by atoms with van der Waals surface area (Å²) in [6.07, 6.45) is 1.59. The molecular formula is C35H53NO4S2. The Balaban J connectivity index is 2.17. The topological polar surface area (TPSA) is 70.0 Å². The molecule has 7 heteroatoms. The summed E-state index contributed by atoms with van der Waals surface area (Å²) in [4.78, 5) is 19.5. The number of phenols is 2. The molecular weight excluding hydrogens is 563 g/mol. The van der Waals surface area contributed by atoms with Crippen LogP contribution in [0.25, 0.3) is 0 Å². The first-order valence-corrected chi connectivity index (χ1v) is 16.6. The molecule has 3 rings (SSSR count). The Morgan fingerprint density at radius 3 is 1.19 bits per heavy atom. The number of benzene rings is 2. The molecule has 1 aliphatic rings. The lowest BCUT2D eigenvalue weighted by Crippen LogP contribution is -2.41. The smallest absolute Gasteiger partial charge is 0.322 e. The summed E-state index contributed by atoms with van der Waals surface area (Å²) in [5, 5.41) is 24.5. The van der Waals surface area contributed by atoms with Crippen LogP contribution in [0.5, 0.6) is 11.5 Å². The number of rotatable bonds is 5. The number of nitrogens with zero attached hydrogens (tertiary/aromatic N) is 1. The van der Waals surface area contributed by atoms with E-state index in [1.807, 2.05) is 23.5 Å². The summed E-state index contributed by atoms with van der Waals surface area (Å²) in [7, 11) is 0. The van der Waals surface area contributed by atoms with Crippen LogP contribution in [0.15, 0.2) is 34.1 Å². The minimum absolute atomic E-state index is 0.222. The van der Waals surface area contributed by atoms with E-state index < -0.39 is 0 Å². The Bertz CT molecular complexity index is 1140. The van der Waals surface area contributed by atoms with E-state index in [1.54, 1.807) is 5.06 Å². The summed E-state index contributed by atoms with van der Waals surface area (Å²) >= 11 is 3.70. The molecule has 0 spiro atoms. The van der Waals surface area contributed by atoms with Crippen molar-refractivity contribution >= 4 is 29.5 Å². The number of carbonyl (C=O) groups is 1. The second kappa shape index (κ2) is 11.9. The van der Waals surface area contributed by atoms with Gasteiger partial charge in [-0.05, 0) is 58.8 Å². The van der Waals surface area contributed by atoms with Crippen LogP contribution in [0, 0.1) is 0 Å². The number of carbonyl (C=O) groups excluding carboxylic acids is 1. The fourth-order valence-corrected chi connectivity index (χ4v) is 8.46. The predicted molar refractivity (Wildman–Crippen MR) is 178 cm³/mol. The molecule has 0 aliphatic carbocycles. The molecule has 0 saturated carbocycles. The van der Waals surface area contributed by atoms with E-state index in [4.69, 9.17) is 4.84 Å². The van der Waals surface area contributed by atoms with E-state index in [9.17, 15) is 15.0 Å². The molecule has 5 nitrogen and oxygen atoms in total. The maximum atomic E-state index is 11.7. The number of phenolic OH excluding ortho intramolecular Hbond substituents is 2. The van der Waals surface area contributed by atoms with Crippen LogP contribution in [-0.4, -0.2) is 38.4 Å². The monoisotopic (exact) mass is 615 g/mol. The van der Waals surface area contributed by atoms with Crippen molar-refractivity contribution in [3.8, 4) is 11.5 Å². The first kappa shape index (κ1) is 34.7. The normalized spacial score (nSPS) is 16.9. The van der Waals surface area contributed by atoms with Crippen LogP contribution >= 0.6 is 23.5 Å². The van der Waals surface area contributed by atoms with Crippen molar-refractivity contribution in [1.29, 1.82) is 0 Å². The van der Waals surface area contributed by atoms with Crippen molar-refractivity contribution in [3.05, 3.63) is 46.5 Å². The maximum Gasteiger partial charge on any atom is 0.322 e. The van der Waals surface area contributed by atoms with E-state index in [0.717, 1.165) is 44.9 Å². The van der Waals surface area contributed by atoms with Gasteiger partial charge in [0, 0.05) is 52.1 Å². The third-order valence-corrected chi connectivity index (χ3v) is 10.8. The molecule has 234 valence electrons. The number of aromatic hydroxyl groups is 2. The van der Waals surface area contributed by atoms with E-state index in [-0.39, 0.29) is 31.7 Å². The van der Waals surface area contributed by atoms with E-state index in [1.165, 1.54) is 6.92 Å². The molecule has 0 radical (unpaired) electrons. The SMILES string of the molecule is CC(=O)ON1CCC(Sc2cc(C(C)(C)C)c(O)c(C(C)(C)C)c2)(Sc2cc(C(C)(C)C)c(O)c(C(C)(C)C)c2)CC1. The molecule has 1 aliphatic heterocycles. The fraction of sp³-hybridized carbons (Fsp3) is 0.629. The second-order valence-electron chi connectivity index (χ2n) is 15.9. The largest absolute Gasteiger partial charge is 0.507 e. The average molecular weight is 616 g/mol. The average Bonchev–Trinajstić information content (AvgIpc) is 2.79. The molecule has 1 saturated heterocycles. The second-order valence-corrected chi connectivity index (χ2v) is 19.0. The van der Waals surface area contributed by atoms with Crippen molar-refractivity contribution < 1.29 is 19.8 Å². The van der Waals surface area contributed by atoms with E-state index in [0.29, 0.717) is 24.6 Å². The summed E-state index contributed by atoms with van der Waals surface area (Å²) in [5.41, 5.74) is 2.91. The van der Waals surface area contributed by atoms with Crippen molar-refractivity contribution in [3.63, 3.8) is 0 Å². The molecule has 0 amide bonds. The van der Waals surface area contributed by atoms with Gasteiger partial charge in [0.05, 0.1) is 4.08 Å². The molecule has 0 atom stereocenters. The van der Waals surface area contributed by atoms with Gasteiger partial charge in [-0.15, -0.1) is 28.6 Å². The third kappa shape index (κ3) is 8.21. The van der Waals surface area contributed by atoms with Gasteiger partial charge in [-0.2, -0.15) is 0 Å². The van der Waals surface area contributed by atoms with Crippen molar-refractivity contribution in [2.75, 3.05) is 13.1 Å². The van der Waals surface area contributed by atoms with Crippen LogP contribution in [0.3, 0.4) is 0 Å². The molecule has 0 aromatic heterocycles. The van der Waals surface area contributed by atoms with Gasteiger partial charge in [-0.25, -0.2) is 0 Å². The Kier molecular flexibility index (Phi) is 9.84. The van der Waals surface area contributed by atoms with E-state index >= 15 is 0 Å². The highest BCUT2D eigenvalue weighted by Crippen LogP contribution is 2.55. The van der Waals surface area contributed by atoms with Gasteiger partial charge in [0.15, 0.2) is 0 Å². The van der Waals surface area contributed by atoms with Crippen LogP contribution < -0.4 is 0 Å². The van der Waals surface area contributed by atoms with E-state index in [2.05, 4.69) is 107 Å². The van der Waals surface area contributed by atoms with Crippen molar-refractivity contribution in [2.45, 2.75) is 138 Å². The Morgan fingerprint density at radius 1 is 0.667 bits per heavy atom. The quantitative estimate of drug-likeness (QED) is 0.325. The standard InChI is InChI=1S/C35H53NO4S2/c1-22(37)40-36-16-14-35(15-17-36,41-23-18-25(31(2,3)4)29(38)26(19-23)32(5,6)7)42-24-20-27(33(8,9)10)30(39)28(21-24)34(11,12)13/h18-21,38-39H,14-17H2,1-13H3. The van der Waals surface area contributed by atoms with Gasteiger partial charge in [0.1, 0.15) is 11.5 Å². The minimum Gasteiger partial charge on any atom is -0.507 e. The molecule has 2 aromatic carbocycles. The first-order valence-electron chi connectivity index (χ1n) is 15.0. The van der Waals surface area contributed by atoms with Gasteiger partial charge >= 0.3 is 5.97 Å². The Morgan fingerprint density at radius 2 is 0.952 bits per heavy atom. The van der Waals surface area contributed by atoms with Gasteiger partial charge in [-0.1, -0.05) is 83.1 Å². The number of thioether (sulfide) groups is 2. The van der Waals surface area contributed by atoms with Crippen LogP contribution in [0.1, 0.15) is 125 Å². The van der Waals surface area contributed by atoms with Gasteiger partial charge in [0.2, 0.25) is 0 Å². The Hall–Kier alpha value is -1.83. The van der Waals surface area contributed by atoms with Gasteiger partial charge < -0.3 is 15.1 Å². The first-order chi connectivity index (χ1) is 18.9. The fourth-order valence-electron chi connectivity index (χ4n) is 5.38. The molecule has 0 bridgehead atoms. The van der Waals surface area contributed by atoms with Crippen LogP contribution in [0.2, 0.25) is 0 Å². The summed E-state index contributed by atoms with van der Waals surface area (Å²) < 4.78 is -0.251. The number of hydrogen-bond acceptors (Lipinski definition) is 7. The summed E-state index contributed by atoms with van der Waals surface area (Å²) in [6.45, 7) is 28.4. The molecule has 0 unspecified atom stereocenters. The number of piperidine rings is 1. The zero-order chi connectivity index (χ0) is 32.1. The lowest BCUT2D eigenvalue weighted by Gasteiger charge is -2.40. The van der Waals surface area contributed by atoms with Gasteiger partial charge in [0.25, 0.3) is 0 Å². The highest BCUT2D eigenvalue weighted by atomic mass is 32.2. The lowest BCUT2D eigenvalue weighted by atomic mass is 9.79. The predicted octanol–water partition coefficient (Wildman–Crippen LogP) is 9.44. The number of hydroxylamine groups is 2. The Labute approximate surface area is 263 Å². The van der Waals surface area contributed by atoms with Crippen molar-refractivity contribution in [2.24, 2.45) is 0 Å². The highest BCUT2D eigenvalue weighted by molar-refractivity contribution is 8.18. The van der Waals surface area contributed by atoms with Crippen LogP contribution in [-0.2, 0) is 31.3 Å². The van der Waals surface area contributed by atoms with Gasteiger partial charge in [-0.3, -0.25) is 4.79 Å². The molecule has 2 N–H and O–H groups in total. The molecule has 42 heavy (non-hydrogen) atoms. The maximum absolute atomic E-state index is 11.7. The van der Waals surface area contributed by atoms with Crippen LogP contribution in [0.4, 0.5) is 0 Å². The molecule has 2 aromatic rings. The molecule has 1 heterocycles. The third-order valence-electron chi connectivity index (χ3n) is 7.75. The zero-order valence-corrected chi connectivity index (χ0v) is 29.7. The molecule has 1 fully saturated rings. The lowest BCUT2D eigenvalue weighted by molar-refractivity contribution is -0.191.